The maximum atomic E-state index is 12.4. The number of nitrogens with zero attached hydrogens (tertiary/aromatic N) is 1. The smallest absolute Gasteiger partial charge is 0.496 e. The van der Waals surface area contributed by atoms with Gasteiger partial charge in [-0.15, -0.1) is 13.2 Å². The van der Waals surface area contributed by atoms with Crippen LogP contribution in [0, 0.1) is 5.41 Å². The molecule has 4 nitrogen and oxygen atoms in total. The van der Waals surface area contributed by atoms with Crippen LogP contribution in [0.25, 0.3) is 0 Å². The number of methoxy groups -OCH3 is 1. The average Bonchev–Trinajstić information content (AvgIpc) is 2.47. The van der Waals surface area contributed by atoms with Gasteiger partial charge in [0.15, 0.2) is 0 Å². The highest BCUT2D eigenvalue weighted by atomic mass is 19.4. The van der Waals surface area contributed by atoms with Crippen molar-refractivity contribution in [3.63, 3.8) is 0 Å². The van der Waals surface area contributed by atoms with E-state index in [1.165, 1.54) is 19.2 Å². The molecule has 0 unspecified atom stereocenters. The van der Waals surface area contributed by atoms with Crippen LogP contribution in [0.4, 0.5) is 13.2 Å². The first kappa shape index (κ1) is 18.9. The van der Waals surface area contributed by atoms with Gasteiger partial charge < -0.3 is 14.8 Å². The topological polar surface area (TPSA) is 33.7 Å². The molecule has 0 aliphatic carbocycles. The standard InChI is InChI=1S/C17H25F3N2O2/c1-16(2,3)15(22-9-7-21-8-10-22)13-6-5-12(11-14(13)23-4)24-17(18,19)20/h5-6,11,15,21H,7-10H2,1-4H3/t15-/m0/s1. The van der Waals surface area contributed by atoms with Gasteiger partial charge in [-0.2, -0.15) is 0 Å². The maximum absolute atomic E-state index is 12.4. The van der Waals surface area contributed by atoms with Crippen LogP contribution in [-0.2, 0) is 0 Å². The molecule has 1 fully saturated rings. The predicted octanol–water partition coefficient (Wildman–Crippen LogP) is 3.59. The van der Waals surface area contributed by atoms with Crippen molar-refractivity contribution in [3.8, 4) is 11.5 Å². The Morgan fingerprint density at radius 1 is 1.12 bits per heavy atom. The third kappa shape index (κ3) is 4.77. The van der Waals surface area contributed by atoms with Crippen LogP contribution >= 0.6 is 0 Å². The van der Waals surface area contributed by atoms with Gasteiger partial charge in [-0.05, 0) is 11.5 Å². The van der Waals surface area contributed by atoms with E-state index >= 15 is 0 Å². The van der Waals surface area contributed by atoms with Crippen LogP contribution in [0.2, 0.25) is 0 Å². The monoisotopic (exact) mass is 346 g/mol. The normalized spacial score (nSPS) is 18.3. The molecule has 24 heavy (non-hydrogen) atoms. The molecule has 1 atom stereocenters. The molecule has 1 aliphatic rings. The number of hydrogen-bond acceptors (Lipinski definition) is 4. The summed E-state index contributed by atoms with van der Waals surface area (Å²) in [5, 5.41) is 3.32. The number of rotatable bonds is 4. The van der Waals surface area contributed by atoms with Gasteiger partial charge in [0.25, 0.3) is 0 Å². The summed E-state index contributed by atoms with van der Waals surface area (Å²) in [6, 6.07) is 4.38. The molecule has 1 saturated heterocycles. The minimum Gasteiger partial charge on any atom is -0.496 e. The van der Waals surface area contributed by atoms with Crippen LogP contribution in [0.3, 0.4) is 0 Å². The Balaban J connectivity index is 2.38. The minimum absolute atomic E-state index is 0.0366. The summed E-state index contributed by atoms with van der Waals surface area (Å²) in [5.41, 5.74) is 0.776. The second-order valence-electron chi connectivity index (χ2n) is 7.01. The summed E-state index contributed by atoms with van der Waals surface area (Å²) >= 11 is 0. The molecule has 1 heterocycles. The summed E-state index contributed by atoms with van der Waals surface area (Å²) in [6.45, 7) is 9.92. The number of alkyl halides is 3. The van der Waals surface area contributed by atoms with Gasteiger partial charge in [-0.1, -0.05) is 26.8 Å². The van der Waals surface area contributed by atoms with Gasteiger partial charge in [-0.3, -0.25) is 4.90 Å². The fraction of sp³-hybridized carbons (Fsp3) is 0.647. The number of hydrogen-bond donors (Lipinski definition) is 1. The first-order chi connectivity index (χ1) is 11.1. The van der Waals surface area contributed by atoms with Crippen molar-refractivity contribution in [2.45, 2.75) is 33.2 Å². The van der Waals surface area contributed by atoms with Crippen molar-refractivity contribution in [2.24, 2.45) is 5.41 Å². The molecule has 1 aliphatic heterocycles. The Hall–Kier alpha value is -1.47. The van der Waals surface area contributed by atoms with Crippen molar-refractivity contribution < 1.29 is 22.6 Å². The summed E-state index contributed by atoms with van der Waals surface area (Å²) in [7, 11) is 1.47. The van der Waals surface area contributed by atoms with Gasteiger partial charge in [0.05, 0.1) is 7.11 Å². The summed E-state index contributed by atoms with van der Waals surface area (Å²) < 4.78 is 46.7. The van der Waals surface area contributed by atoms with Crippen molar-refractivity contribution in [1.82, 2.24) is 10.2 Å². The van der Waals surface area contributed by atoms with Crippen LogP contribution in [0.15, 0.2) is 18.2 Å². The molecule has 1 N–H and O–H groups in total. The number of benzene rings is 1. The molecule has 0 amide bonds. The third-order valence-electron chi connectivity index (χ3n) is 4.07. The largest absolute Gasteiger partial charge is 0.573 e. The van der Waals surface area contributed by atoms with Crippen molar-refractivity contribution in [2.75, 3.05) is 33.3 Å². The summed E-state index contributed by atoms with van der Waals surface area (Å²) in [5.74, 6) is 0.145. The average molecular weight is 346 g/mol. The zero-order valence-electron chi connectivity index (χ0n) is 14.5. The van der Waals surface area contributed by atoms with Gasteiger partial charge >= 0.3 is 6.36 Å². The predicted molar refractivity (Wildman–Crippen MR) is 86.3 cm³/mol. The van der Waals surface area contributed by atoms with E-state index in [1.54, 1.807) is 6.07 Å². The minimum atomic E-state index is -4.71. The molecule has 1 aromatic rings. The Kier molecular flexibility index (Phi) is 5.65. The number of nitrogens with one attached hydrogen (secondary N) is 1. The molecule has 0 spiro atoms. The highest BCUT2D eigenvalue weighted by Crippen LogP contribution is 2.43. The fourth-order valence-electron chi connectivity index (χ4n) is 3.27. The van der Waals surface area contributed by atoms with Crippen LogP contribution < -0.4 is 14.8 Å². The lowest BCUT2D eigenvalue weighted by Gasteiger charge is -2.43. The highest BCUT2D eigenvalue weighted by Gasteiger charge is 2.35. The molecular formula is C17H25F3N2O2. The molecule has 1 aromatic carbocycles. The molecule has 136 valence electrons. The van der Waals surface area contributed by atoms with Crippen molar-refractivity contribution >= 4 is 0 Å². The molecule has 7 heteroatoms. The van der Waals surface area contributed by atoms with Crippen LogP contribution in [0.1, 0.15) is 32.4 Å². The zero-order chi connectivity index (χ0) is 18.0. The van der Waals surface area contributed by atoms with Gasteiger partial charge in [0.2, 0.25) is 0 Å². The zero-order valence-corrected chi connectivity index (χ0v) is 14.5. The Bertz CT molecular complexity index is 550. The number of ether oxygens (including phenoxy) is 2. The van der Waals surface area contributed by atoms with E-state index in [4.69, 9.17) is 4.74 Å². The van der Waals surface area contributed by atoms with Crippen LogP contribution in [-0.4, -0.2) is 44.6 Å². The lowest BCUT2D eigenvalue weighted by molar-refractivity contribution is -0.274. The molecule has 0 bridgehead atoms. The lowest BCUT2D eigenvalue weighted by Crippen LogP contribution is -2.48. The van der Waals surface area contributed by atoms with Crippen molar-refractivity contribution in [1.29, 1.82) is 0 Å². The summed E-state index contributed by atoms with van der Waals surface area (Å²) in [4.78, 5) is 2.35. The van der Waals surface area contributed by atoms with Gasteiger partial charge in [0, 0.05) is 43.9 Å². The van der Waals surface area contributed by atoms with Crippen LogP contribution in [0.5, 0.6) is 11.5 Å². The van der Waals surface area contributed by atoms with Gasteiger partial charge in [0.1, 0.15) is 11.5 Å². The molecule has 0 aromatic heterocycles. The Morgan fingerprint density at radius 2 is 1.75 bits per heavy atom. The molecule has 2 rings (SSSR count). The molecule has 0 radical (unpaired) electrons. The number of halogens is 3. The van der Waals surface area contributed by atoms with Gasteiger partial charge in [-0.25, -0.2) is 0 Å². The fourth-order valence-corrected chi connectivity index (χ4v) is 3.27. The first-order valence-corrected chi connectivity index (χ1v) is 8.00. The van der Waals surface area contributed by atoms with E-state index in [0.717, 1.165) is 31.7 Å². The SMILES string of the molecule is COc1cc(OC(F)(F)F)ccc1[C@H](N1CCNCC1)C(C)(C)C. The van der Waals surface area contributed by atoms with E-state index in [2.05, 4.69) is 35.7 Å². The maximum Gasteiger partial charge on any atom is 0.573 e. The Morgan fingerprint density at radius 3 is 2.25 bits per heavy atom. The second-order valence-corrected chi connectivity index (χ2v) is 7.01. The quantitative estimate of drug-likeness (QED) is 0.903. The van der Waals surface area contributed by atoms with E-state index in [-0.39, 0.29) is 17.2 Å². The first-order valence-electron chi connectivity index (χ1n) is 8.00. The summed E-state index contributed by atoms with van der Waals surface area (Å²) in [6.07, 6.45) is -4.71. The second kappa shape index (κ2) is 7.19. The van der Waals surface area contributed by atoms with E-state index in [0.29, 0.717) is 5.75 Å². The van der Waals surface area contributed by atoms with E-state index in [9.17, 15) is 13.2 Å². The third-order valence-corrected chi connectivity index (χ3v) is 4.07. The highest BCUT2D eigenvalue weighted by molar-refractivity contribution is 5.43. The Labute approximate surface area is 140 Å². The van der Waals surface area contributed by atoms with E-state index < -0.39 is 6.36 Å². The lowest BCUT2D eigenvalue weighted by atomic mass is 9.80. The number of piperazine rings is 1. The van der Waals surface area contributed by atoms with Crippen molar-refractivity contribution in [3.05, 3.63) is 23.8 Å². The molecule has 0 saturated carbocycles. The van der Waals surface area contributed by atoms with E-state index in [1.807, 2.05) is 0 Å². The molecular weight excluding hydrogens is 321 g/mol.